The summed E-state index contributed by atoms with van der Waals surface area (Å²) in [7, 11) is 2.06. The van der Waals surface area contributed by atoms with Crippen molar-refractivity contribution in [2.45, 2.75) is 38.8 Å². The minimum atomic E-state index is -0.924. The van der Waals surface area contributed by atoms with Crippen molar-refractivity contribution in [2.24, 2.45) is 0 Å². The second kappa shape index (κ2) is 11.6. The monoisotopic (exact) mass is 517 g/mol. The minimum Gasteiger partial charge on any atom is -0.490 e. The van der Waals surface area contributed by atoms with Gasteiger partial charge in [0.05, 0.1) is 19.6 Å². The Bertz CT molecular complexity index is 1070. The zero-order valence-corrected chi connectivity index (χ0v) is 22.2. The van der Waals surface area contributed by atoms with Crippen LogP contribution in [0, 0.1) is 13.8 Å². The second-order valence-electron chi connectivity index (χ2n) is 9.83. The van der Waals surface area contributed by atoms with E-state index >= 15 is 0 Å². The summed E-state index contributed by atoms with van der Waals surface area (Å²) in [4.78, 5) is 36.6. The lowest BCUT2D eigenvalue weighted by Crippen LogP contribution is -2.59. The predicted molar refractivity (Wildman–Crippen MR) is 137 cm³/mol. The largest absolute Gasteiger partial charge is 0.490 e. The van der Waals surface area contributed by atoms with Gasteiger partial charge in [-0.25, -0.2) is 4.98 Å². The zero-order valence-electron chi connectivity index (χ0n) is 21.4. The van der Waals surface area contributed by atoms with Gasteiger partial charge in [0, 0.05) is 63.1 Å². The number of imidazole rings is 1. The standard InChI is InChI=1S/C26H36ClN5O4/c1-20-16-22(4-5-23(20)27)35-19-26(17-25(34)31-12-10-29(3)11-13-31)18-32(14-15-36-26)24(33)6-8-30-9-7-28-21(30)2/h4-5,7,9,16H,6,8,10-15,17-19H2,1-3H3/t26-/m1/s1. The van der Waals surface area contributed by atoms with E-state index in [-0.39, 0.29) is 24.8 Å². The third kappa shape index (κ3) is 6.57. The maximum absolute atomic E-state index is 13.3. The number of aryl methyl sites for hydroxylation is 3. The van der Waals surface area contributed by atoms with Gasteiger partial charge in [0.1, 0.15) is 23.8 Å². The van der Waals surface area contributed by atoms with Crippen LogP contribution in [0.2, 0.25) is 5.02 Å². The molecule has 1 aromatic heterocycles. The van der Waals surface area contributed by atoms with E-state index < -0.39 is 5.60 Å². The lowest BCUT2D eigenvalue weighted by Gasteiger charge is -2.43. The van der Waals surface area contributed by atoms with E-state index in [1.165, 1.54) is 0 Å². The molecule has 0 saturated carbocycles. The van der Waals surface area contributed by atoms with Crippen LogP contribution in [0.5, 0.6) is 5.75 Å². The first-order valence-electron chi connectivity index (χ1n) is 12.5. The number of aromatic nitrogens is 2. The molecule has 0 spiro atoms. The van der Waals surface area contributed by atoms with Crippen molar-refractivity contribution in [3.05, 3.63) is 47.0 Å². The number of morpholine rings is 1. The van der Waals surface area contributed by atoms with Gasteiger partial charge in [0.2, 0.25) is 11.8 Å². The topological polar surface area (TPSA) is 80.1 Å². The van der Waals surface area contributed by atoms with Crippen LogP contribution in [0.3, 0.4) is 0 Å². The van der Waals surface area contributed by atoms with Crippen LogP contribution in [-0.4, -0.2) is 101 Å². The first-order chi connectivity index (χ1) is 17.2. The molecular formula is C26H36ClN5O4. The van der Waals surface area contributed by atoms with Crippen molar-refractivity contribution in [2.75, 3.05) is 59.5 Å². The van der Waals surface area contributed by atoms with Gasteiger partial charge in [-0.1, -0.05) is 11.6 Å². The van der Waals surface area contributed by atoms with E-state index in [0.29, 0.717) is 56.5 Å². The van der Waals surface area contributed by atoms with Gasteiger partial charge in [0.15, 0.2) is 0 Å². The molecule has 4 rings (SSSR count). The van der Waals surface area contributed by atoms with Crippen LogP contribution in [0.15, 0.2) is 30.6 Å². The van der Waals surface area contributed by atoms with E-state index in [9.17, 15) is 9.59 Å². The number of halogens is 1. The molecule has 2 aromatic rings. The number of carbonyl (C=O) groups is 2. The van der Waals surface area contributed by atoms with E-state index in [2.05, 4.69) is 16.9 Å². The third-order valence-electron chi connectivity index (χ3n) is 7.05. The molecule has 2 saturated heterocycles. The van der Waals surface area contributed by atoms with Gasteiger partial charge in [0.25, 0.3) is 0 Å². The van der Waals surface area contributed by atoms with Crippen LogP contribution < -0.4 is 4.74 Å². The van der Waals surface area contributed by atoms with Crippen molar-refractivity contribution in [1.29, 1.82) is 0 Å². The molecule has 0 bridgehead atoms. The lowest BCUT2D eigenvalue weighted by atomic mass is 9.96. The summed E-state index contributed by atoms with van der Waals surface area (Å²) in [5.41, 5.74) is -0.0137. The number of amides is 2. The number of hydrogen-bond donors (Lipinski definition) is 0. The van der Waals surface area contributed by atoms with Crippen molar-refractivity contribution >= 4 is 23.4 Å². The average molecular weight is 518 g/mol. The van der Waals surface area contributed by atoms with Crippen molar-refractivity contribution < 1.29 is 19.1 Å². The number of ether oxygens (including phenoxy) is 2. The highest BCUT2D eigenvalue weighted by Gasteiger charge is 2.42. The molecule has 3 heterocycles. The summed E-state index contributed by atoms with van der Waals surface area (Å²) >= 11 is 6.17. The molecule has 0 unspecified atom stereocenters. The van der Waals surface area contributed by atoms with Crippen LogP contribution in [0.4, 0.5) is 0 Å². The van der Waals surface area contributed by atoms with Gasteiger partial charge in [-0.2, -0.15) is 0 Å². The van der Waals surface area contributed by atoms with Gasteiger partial charge in [-0.3, -0.25) is 9.59 Å². The normalized spacial score (nSPS) is 21.0. The first-order valence-corrected chi connectivity index (χ1v) is 12.9. The maximum Gasteiger partial charge on any atom is 0.225 e. The molecule has 10 heteroatoms. The zero-order chi connectivity index (χ0) is 25.7. The number of piperazine rings is 1. The average Bonchev–Trinajstić information content (AvgIpc) is 3.28. The second-order valence-corrected chi connectivity index (χ2v) is 10.2. The van der Waals surface area contributed by atoms with Gasteiger partial charge in [-0.05, 0) is 44.7 Å². The molecule has 0 radical (unpaired) electrons. The van der Waals surface area contributed by atoms with E-state index in [4.69, 9.17) is 21.1 Å². The van der Waals surface area contributed by atoms with Gasteiger partial charge < -0.3 is 28.7 Å². The van der Waals surface area contributed by atoms with Crippen LogP contribution in [0.25, 0.3) is 0 Å². The number of benzene rings is 1. The summed E-state index contributed by atoms with van der Waals surface area (Å²) in [6, 6.07) is 5.48. The maximum atomic E-state index is 13.3. The number of rotatable bonds is 8. The molecule has 36 heavy (non-hydrogen) atoms. The van der Waals surface area contributed by atoms with E-state index in [1.54, 1.807) is 12.3 Å². The van der Waals surface area contributed by atoms with Crippen molar-refractivity contribution in [3.63, 3.8) is 0 Å². The third-order valence-corrected chi connectivity index (χ3v) is 7.48. The quantitative estimate of drug-likeness (QED) is 0.535. The van der Waals surface area contributed by atoms with Crippen LogP contribution in [-0.2, 0) is 20.9 Å². The summed E-state index contributed by atoms with van der Waals surface area (Å²) in [6.07, 6.45) is 4.13. The van der Waals surface area contributed by atoms with E-state index in [1.807, 2.05) is 46.5 Å². The molecule has 9 nitrogen and oxygen atoms in total. The molecule has 0 N–H and O–H groups in total. The Morgan fingerprint density at radius 2 is 1.89 bits per heavy atom. The highest BCUT2D eigenvalue weighted by molar-refractivity contribution is 6.31. The number of nitrogens with zero attached hydrogens (tertiary/aromatic N) is 5. The Morgan fingerprint density at radius 1 is 1.11 bits per heavy atom. The molecule has 2 aliphatic heterocycles. The summed E-state index contributed by atoms with van der Waals surface area (Å²) < 4.78 is 14.4. The molecule has 2 aliphatic rings. The van der Waals surface area contributed by atoms with Crippen LogP contribution >= 0.6 is 11.6 Å². The molecule has 2 amide bonds. The molecule has 0 aliphatic carbocycles. The number of hydrogen-bond acceptors (Lipinski definition) is 6. The molecule has 1 aromatic carbocycles. The fourth-order valence-electron chi connectivity index (χ4n) is 4.68. The van der Waals surface area contributed by atoms with Crippen molar-refractivity contribution in [3.8, 4) is 5.75 Å². The fraction of sp³-hybridized carbons (Fsp3) is 0.577. The Hall–Kier alpha value is -2.62. The SMILES string of the molecule is Cc1cc(OC[C@@]2(CC(=O)N3CCN(C)CC3)CN(C(=O)CCn3ccnc3C)CCO2)ccc1Cl. The Morgan fingerprint density at radius 3 is 2.58 bits per heavy atom. The van der Waals surface area contributed by atoms with Crippen LogP contribution in [0.1, 0.15) is 24.2 Å². The summed E-state index contributed by atoms with van der Waals surface area (Å²) in [6.45, 7) is 8.79. The van der Waals surface area contributed by atoms with Crippen molar-refractivity contribution in [1.82, 2.24) is 24.3 Å². The number of likely N-dealkylation sites (N-methyl/N-ethyl adjacent to an activating group) is 1. The molecule has 1 atom stereocenters. The van der Waals surface area contributed by atoms with Gasteiger partial charge >= 0.3 is 0 Å². The number of carbonyl (C=O) groups excluding carboxylic acids is 2. The summed E-state index contributed by atoms with van der Waals surface area (Å²) in [5.74, 6) is 1.60. The Kier molecular flexibility index (Phi) is 8.54. The van der Waals surface area contributed by atoms with Gasteiger partial charge in [-0.15, -0.1) is 0 Å². The lowest BCUT2D eigenvalue weighted by molar-refractivity contribution is -0.166. The highest BCUT2D eigenvalue weighted by Crippen LogP contribution is 2.28. The Labute approximate surface area is 217 Å². The Balaban J connectivity index is 1.46. The highest BCUT2D eigenvalue weighted by atomic mass is 35.5. The molecule has 196 valence electrons. The molecular weight excluding hydrogens is 482 g/mol. The first kappa shape index (κ1) is 26.4. The summed E-state index contributed by atoms with van der Waals surface area (Å²) in [5, 5.41) is 0.668. The smallest absolute Gasteiger partial charge is 0.225 e. The van der Waals surface area contributed by atoms with E-state index in [0.717, 1.165) is 24.5 Å². The molecule has 2 fully saturated rings. The minimum absolute atomic E-state index is 0.0299. The predicted octanol–water partition coefficient (Wildman–Crippen LogP) is 2.38. The fourth-order valence-corrected chi connectivity index (χ4v) is 4.80.